The molecule has 0 N–H and O–H groups in total. The van der Waals surface area contributed by atoms with Crippen LogP contribution in [0, 0.1) is 11.3 Å². The first-order valence-electron chi connectivity index (χ1n) is 7.33. The first-order chi connectivity index (χ1) is 9.67. The van der Waals surface area contributed by atoms with Crippen molar-refractivity contribution < 1.29 is 0 Å². The van der Waals surface area contributed by atoms with Gasteiger partial charge in [0.1, 0.15) is 6.07 Å². The van der Waals surface area contributed by atoms with Crippen LogP contribution in [0.2, 0.25) is 0 Å². The maximum Gasteiger partial charge on any atom is 0.103 e. The molecule has 0 aliphatic rings. The predicted molar refractivity (Wildman–Crippen MR) is 89.1 cm³/mol. The maximum atomic E-state index is 9.32. The Morgan fingerprint density at radius 1 is 1.10 bits per heavy atom. The van der Waals surface area contributed by atoms with E-state index in [-0.39, 0.29) is 0 Å². The van der Waals surface area contributed by atoms with Gasteiger partial charge in [-0.1, -0.05) is 19.9 Å². The highest BCUT2D eigenvalue weighted by Gasteiger charge is 2.12. The Bertz CT molecular complexity index is 450. The lowest BCUT2D eigenvalue weighted by atomic mass is 10.1. The Balaban J connectivity index is 2.72. The standard InChI is InChI=1S/C16H24BrN3/c1-4-19(5-2)11-8-12-20(6-3)16-10-7-9-15(17)14(16)13-18/h7,9-10H,4-6,8,11-12H2,1-3H3. The summed E-state index contributed by atoms with van der Waals surface area (Å²) in [7, 11) is 0. The summed E-state index contributed by atoms with van der Waals surface area (Å²) in [6.45, 7) is 11.7. The van der Waals surface area contributed by atoms with Gasteiger partial charge < -0.3 is 9.80 Å². The molecule has 0 amide bonds. The number of halogens is 1. The van der Waals surface area contributed by atoms with Crippen LogP contribution in [0.25, 0.3) is 0 Å². The van der Waals surface area contributed by atoms with Crippen molar-refractivity contribution in [3.63, 3.8) is 0 Å². The first kappa shape index (κ1) is 17.0. The number of anilines is 1. The molecule has 110 valence electrons. The van der Waals surface area contributed by atoms with Crippen molar-refractivity contribution in [2.75, 3.05) is 37.6 Å². The SMILES string of the molecule is CCN(CC)CCCN(CC)c1cccc(Br)c1C#N. The summed E-state index contributed by atoms with van der Waals surface area (Å²) in [5, 5.41) is 9.32. The zero-order valence-electron chi connectivity index (χ0n) is 12.7. The fourth-order valence-corrected chi connectivity index (χ4v) is 2.81. The van der Waals surface area contributed by atoms with Crippen LogP contribution >= 0.6 is 15.9 Å². The zero-order chi connectivity index (χ0) is 15.0. The van der Waals surface area contributed by atoms with Gasteiger partial charge in [-0.3, -0.25) is 0 Å². The van der Waals surface area contributed by atoms with E-state index in [4.69, 9.17) is 0 Å². The molecule has 0 saturated carbocycles. The molecule has 0 radical (unpaired) electrons. The second-order valence-corrected chi connectivity index (χ2v) is 5.56. The van der Waals surface area contributed by atoms with E-state index in [0.717, 1.165) is 54.9 Å². The van der Waals surface area contributed by atoms with E-state index in [2.05, 4.69) is 52.6 Å². The van der Waals surface area contributed by atoms with Crippen LogP contribution in [0.1, 0.15) is 32.8 Å². The van der Waals surface area contributed by atoms with Crippen LogP contribution < -0.4 is 4.90 Å². The lowest BCUT2D eigenvalue weighted by molar-refractivity contribution is 0.301. The molecule has 1 rings (SSSR count). The summed E-state index contributed by atoms with van der Waals surface area (Å²) in [6, 6.07) is 8.25. The smallest absolute Gasteiger partial charge is 0.103 e. The molecule has 0 atom stereocenters. The van der Waals surface area contributed by atoms with Crippen molar-refractivity contribution in [2.45, 2.75) is 27.2 Å². The number of benzene rings is 1. The van der Waals surface area contributed by atoms with E-state index in [9.17, 15) is 5.26 Å². The highest BCUT2D eigenvalue weighted by Crippen LogP contribution is 2.27. The lowest BCUT2D eigenvalue weighted by Gasteiger charge is -2.26. The fourth-order valence-electron chi connectivity index (χ4n) is 2.36. The van der Waals surface area contributed by atoms with E-state index >= 15 is 0 Å². The van der Waals surface area contributed by atoms with Crippen molar-refractivity contribution in [3.05, 3.63) is 28.2 Å². The number of hydrogen-bond acceptors (Lipinski definition) is 3. The van der Waals surface area contributed by atoms with Gasteiger partial charge in [0.15, 0.2) is 0 Å². The molecule has 0 saturated heterocycles. The van der Waals surface area contributed by atoms with Gasteiger partial charge in [-0.15, -0.1) is 0 Å². The minimum Gasteiger partial charge on any atom is -0.371 e. The van der Waals surface area contributed by atoms with Gasteiger partial charge >= 0.3 is 0 Å². The quantitative estimate of drug-likeness (QED) is 0.721. The molecule has 0 fully saturated rings. The van der Waals surface area contributed by atoms with E-state index in [1.54, 1.807) is 0 Å². The van der Waals surface area contributed by atoms with Gasteiger partial charge in [0, 0.05) is 17.6 Å². The molecule has 1 aromatic carbocycles. The molecule has 20 heavy (non-hydrogen) atoms. The third-order valence-electron chi connectivity index (χ3n) is 3.62. The van der Waals surface area contributed by atoms with Gasteiger partial charge in [-0.05, 0) is 61.0 Å². The molecule has 3 nitrogen and oxygen atoms in total. The van der Waals surface area contributed by atoms with Crippen LogP contribution in [0.15, 0.2) is 22.7 Å². The Morgan fingerprint density at radius 3 is 2.35 bits per heavy atom. The molecular weight excluding hydrogens is 314 g/mol. The first-order valence-corrected chi connectivity index (χ1v) is 8.13. The third-order valence-corrected chi connectivity index (χ3v) is 4.28. The Labute approximate surface area is 131 Å². The fraction of sp³-hybridized carbons (Fsp3) is 0.562. The van der Waals surface area contributed by atoms with Gasteiger partial charge in [0.05, 0.1) is 11.3 Å². The van der Waals surface area contributed by atoms with Crippen LogP contribution in [0.4, 0.5) is 5.69 Å². The molecule has 1 aromatic rings. The van der Waals surface area contributed by atoms with Gasteiger partial charge in [0.25, 0.3) is 0 Å². The molecule has 0 aliphatic carbocycles. The highest BCUT2D eigenvalue weighted by molar-refractivity contribution is 9.10. The van der Waals surface area contributed by atoms with Crippen molar-refractivity contribution in [2.24, 2.45) is 0 Å². The van der Waals surface area contributed by atoms with Gasteiger partial charge in [-0.25, -0.2) is 0 Å². The summed E-state index contributed by atoms with van der Waals surface area (Å²) >= 11 is 3.46. The summed E-state index contributed by atoms with van der Waals surface area (Å²) in [5.74, 6) is 0. The summed E-state index contributed by atoms with van der Waals surface area (Å²) in [5.41, 5.74) is 1.76. The summed E-state index contributed by atoms with van der Waals surface area (Å²) in [4.78, 5) is 4.72. The van der Waals surface area contributed by atoms with Crippen molar-refractivity contribution in [1.29, 1.82) is 5.26 Å². The molecular formula is C16H24BrN3. The van der Waals surface area contributed by atoms with Crippen molar-refractivity contribution >= 4 is 21.6 Å². The van der Waals surface area contributed by atoms with Crippen LogP contribution in [0.5, 0.6) is 0 Å². The van der Waals surface area contributed by atoms with Crippen LogP contribution in [0.3, 0.4) is 0 Å². The Hall–Kier alpha value is -1.05. The second kappa shape index (κ2) is 8.99. The van der Waals surface area contributed by atoms with E-state index < -0.39 is 0 Å². The number of nitrogens with zero attached hydrogens (tertiary/aromatic N) is 3. The van der Waals surface area contributed by atoms with E-state index in [0.29, 0.717) is 0 Å². The molecule has 0 aromatic heterocycles. The van der Waals surface area contributed by atoms with E-state index in [1.807, 2.05) is 18.2 Å². The Morgan fingerprint density at radius 2 is 1.80 bits per heavy atom. The normalized spacial score (nSPS) is 10.6. The van der Waals surface area contributed by atoms with Gasteiger partial charge in [-0.2, -0.15) is 5.26 Å². The van der Waals surface area contributed by atoms with Gasteiger partial charge in [0.2, 0.25) is 0 Å². The second-order valence-electron chi connectivity index (χ2n) is 4.71. The lowest BCUT2D eigenvalue weighted by Crippen LogP contribution is -2.30. The molecule has 0 unspecified atom stereocenters. The minimum absolute atomic E-state index is 0.734. The molecule has 0 heterocycles. The Kier molecular flexibility index (Phi) is 7.64. The monoisotopic (exact) mass is 337 g/mol. The largest absolute Gasteiger partial charge is 0.371 e. The van der Waals surface area contributed by atoms with E-state index in [1.165, 1.54) is 0 Å². The molecule has 0 aliphatic heterocycles. The van der Waals surface area contributed by atoms with Crippen LogP contribution in [-0.2, 0) is 0 Å². The van der Waals surface area contributed by atoms with Crippen molar-refractivity contribution in [3.8, 4) is 6.07 Å². The topological polar surface area (TPSA) is 30.3 Å². The average Bonchev–Trinajstić information content (AvgIpc) is 2.47. The number of rotatable bonds is 8. The predicted octanol–water partition coefficient (Wildman–Crippen LogP) is 3.88. The van der Waals surface area contributed by atoms with Crippen molar-refractivity contribution in [1.82, 2.24) is 4.90 Å². The number of nitriles is 1. The molecule has 0 bridgehead atoms. The third kappa shape index (κ3) is 4.50. The summed E-state index contributed by atoms with van der Waals surface area (Å²) < 4.78 is 0.875. The molecule has 4 heteroatoms. The minimum atomic E-state index is 0.734. The highest BCUT2D eigenvalue weighted by atomic mass is 79.9. The summed E-state index contributed by atoms with van der Waals surface area (Å²) in [6.07, 6.45) is 1.12. The zero-order valence-corrected chi connectivity index (χ0v) is 14.3. The van der Waals surface area contributed by atoms with Crippen LogP contribution in [-0.4, -0.2) is 37.6 Å². The average molecular weight is 338 g/mol. The molecule has 0 spiro atoms. The number of hydrogen-bond donors (Lipinski definition) is 0. The maximum absolute atomic E-state index is 9.32.